The van der Waals surface area contributed by atoms with E-state index < -0.39 is 19.0 Å². The number of para-hydroxylation sites is 4. The summed E-state index contributed by atoms with van der Waals surface area (Å²) < 4.78 is 92.1. The second kappa shape index (κ2) is 19.7. The van der Waals surface area contributed by atoms with Crippen LogP contribution in [0.2, 0.25) is 0 Å². The number of ether oxygens (including phenoxy) is 7. The van der Waals surface area contributed by atoms with Crippen molar-refractivity contribution in [3.63, 3.8) is 0 Å². The topological polar surface area (TPSA) is 120 Å². The Hall–Kier alpha value is -3.77. The standard InChI is InChI=1S/C22H26F2N2O4.C14H13ClF2N2O.C8H14O3/c23-21(24)30-20-4-2-1-3-18(20)26-19(17(13-25-26)15-5-6-15)14-27-16-7-9-22(10-8-16)28-11-12-29-22;15-7-12-10(9-5-6-9)8-18-19(12)11-3-1-2-4-13(11)20-14(16)17;9-7-1-3-8(4-2-7)10-5-6-11-8/h1-4,13,15-16,21H,5-12,14H2;1-4,8-9,14H,5-7H2;7,9H,1-6H2. The molecular formula is C44H53ClF4N4O8. The van der Waals surface area contributed by atoms with Crippen LogP contribution in [0.25, 0.3) is 11.4 Å². The molecule has 0 atom stereocenters. The average molecular weight is 877 g/mol. The van der Waals surface area contributed by atoms with Gasteiger partial charge in [-0.25, -0.2) is 9.36 Å². The third-order valence-corrected chi connectivity index (χ3v) is 12.3. The quantitative estimate of drug-likeness (QED) is 0.109. The minimum Gasteiger partial charge on any atom is -0.433 e. The normalized spacial score (nSPS) is 22.0. The Kier molecular flexibility index (Phi) is 14.2. The van der Waals surface area contributed by atoms with E-state index in [0.29, 0.717) is 43.0 Å². The lowest BCUT2D eigenvalue weighted by Crippen LogP contribution is -2.37. The van der Waals surface area contributed by atoms with Gasteiger partial charge in [0.25, 0.3) is 0 Å². The number of nitrogens with zero attached hydrogens (tertiary/aromatic N) is 4. The summed E-state index contributed by atoms with van der Waals surface area (Å²) in [7, 11) is 0. The van der Waals surface area contributed by atoms with Crippen LogP contribution in [0.1, 0.15) is 111 Å². The van der Waals surface area contributed by atoms with Crippen LogP contribution >= 0.6 is 11.6 Å². The summed E-state index contributed by atoms with van der Waals surface area (Å²) in [6.07, 6.45) is 14.9. The van der Waals surface area contributed by atoms with E-state index >= 15 is 0 Å². The molecule has 0 amide bonds. The molecule has 1 N–H and O–H groups in total. The Morgan fingerprint density at radius 1 is 0.639 bits per heavy atom. The highest BCUT2D eigenvalue weighted by atomic mass is 35.5. The van der Waals surface area contributed by atoms with E-state index in [4.69, 9.17) is 40.0 Å². The SMILES string of the molecule is FC(F)Oc1ccccc1-n1ncc(C2CC2)c1CCl.FC(F)Oc1ccccc1-n1ncc(C2CC2)c1COC1CCC2(CC1)OCCO2.OC1CCC2(CC1)OCCO2. The van der Waals surface area contributed by atoms with Crippen LogP contribution in [0.3, 0.4) is 0 Å². The Balaban J connectivity index is 0.000000142. The maximum Gasteiger partial charge on any atom is 0.387 e. The monoisotopic (exact) mass is 876 g/mol. The predicted molar refractivity (Wildman–Crippen MR) is 215 cm³/mol. The van der Waals surface area contributed by atoms with Crippen LogP contribution in [0.5, 0.6) is 11.5 Å². The molecule has 2 aliphatic heterocycles. The number of aromatic nitrogens is 4. The number of aliphatic hydroxyl groups excluding tert-OH is 1. The van der Waals surface area contributed by atoms with Crippen molar-refractivity contribution in [1.29, 1.82) is 0 Å². The zero-order chi connectivity index (χ0) is 42.4. The van der Waals surface area contributed by atoms with Crippen LogP contribution < -0.4 is 9.47 Å². The van der Waals surface area contributed by atoms with Crippen LogP contribution in [0.15, 0.2) is 60.9 Å². The summed E-state index contributed by atoms with van der Waals surface area (Å²) in [6, 6.07) is 13.3. The molecule has 4 aromatic rings. The third kappa shape index (κ3) is 10.9. The summed E-state index contributed by atoms with van der Waals surface area (Å²) in [4.78, 5) is 0. The molecule has 0 bridgehead atoms. The fourth-order valence-electron chi connectivity index (χ4n) is 8.60. The first-order valence-corrected chi connectivity index (χ1v) is 21.8. The van der Waals surface area contributed by atoms with Crippen LogP contribution in [-0.4, -0.2) is 88.1 Å². The summed E-state index contributed by atoms with van der Waals surface area (Å²) in [6.45, 7) is -2.61. The molecule has 2 aromatic heterocycles. The Morgan fingerprint density at radius 3 is 1.51 bits per heavy atom. The Morgan fingerprint density at radius 2 is 1.07 bits per heavy atom. The second-order valence-corrected chi connectivity index (χ2v) is 16.5. The molecule has 4 heterocycles. The van der Waals surface area contributed by atoms with E-state index in [2.05, 4.69) is 14.9 Å². The van der Waals surface area contributed by atoms with Gasteiger partial charge < -0.3 is 38.3 Å². The van der Waals surface area contributed by atoms with Gasteiger partial charge in [0.1, 0.15) is 11.4 Å². The lowest BCUT2D eigenvalue weighted by molar-refractivity contribution is -0.192. The van der Waals surface area contributed by atoms with Crippen molar-refractivity contribution in [1.82, 2.24) is 19.6 Å². The highest BCUT2D eigenvalue weighted by Gasteiger charge is 2.41. The predicted octanol–water partition coefficient (Wildman–Crippen LogP) is 9.31. The van der Waals surface area contributed by atoms with Gasteiger partial charge in [0.05, 0.1) is 74.9 Å². The molecule has 6 fully saturated rings. The summed E-state index contributed by atoms with van der Waals surface area (Å²) in [5.41, 5.74) is 4.98. The molecule has 12 nitrogen and oxygen atoms in total. The minimum absolute atomic E-state index is 0.0966. The molecule has 332 valence electrons. The van der Waals surface area contributed by atoms with E-state index in [1.807, 2.05) is 6.20 Å². The van der Waals surface area contributed by atoms with Gasteiger partial charge in [0.2, 0.25) is 0 Å². The van der Waals surface area contributed by atoms with Crippen molar-refractivity contribution >= 4 is 11.6 Å². The maximum atomic E-state index is 12.9. The number of hydrogen-bond donors (Lipinski definition) is 1. The number of rotatable bonds is 12. The minimum atomic E-state index is -2.89. The van der Waals surface area contributed by atoms with Crippen molar-refractivity contribution in [3.05, 3.63) is 83.4 Å². The molecule has 2 aromatic carbocycles. The van der Waals surface area contributed by atoms with Crippen molar-refractivity contribution in [2.75, 3.05) is 26.4 Å². The molecule has 0 unspecified atom stereocenters. The van der Waals surface area contributed by atoms with Crippen molar-refractivity contribution in [2.24, 2.45) is 0 Å². The van der Waals surface area contributed by atoms with E-state index in [1.54, 1.807) is 52.0 Å². The highest BCUT2D eigenvalue weighted by molar-refractivity contribution is 6.17. The lowest BCUT2D eigenvalue weighted by atomic mass is 9.92. The fourth-order valence-corrected chi connectivity index (χ4v) is 8.87. The summed E-state index contributed by atoms with van der Waals surface area (Å²) in [5, 5.41) is 18.0. The highest BCUT2D eigenvalue weighted by Crippen LogP contribution is 2.45. The van der Waals surface area contributed by atoms with Crippen LogP contribution in [0.4, 0.5) is 17.6 Å². The number of halogens is 5. The third-order valence-electron chi connectivity index (χ3n) is 12.1. The van der Waals surface area contributed by atoms with E-state index in [0.717, 1.165) is 113 Å². The van der Waals surface area contributed by atoms with Crippen molar-refractivity contribution < 1.29 is 55.8 Å². The molecule has 10 rings (SSSR count). The number of alkyl halides is 5. The molecule has 17 heteroatoms. The maximum absolute atomic E-state index is 12.9. The fraction of sp³-hybridized carbons (Fsp3) is 0.591. The van der Waals surface area contributed by atoms with Crippen molar-refractivity contribution in [3.8, 4) is 22.9 Å². The molecule has 2 spiro atoms. The zero-order valence-electron chi connectivity index (χ0n) is 33.9. The molecule has 2 saturated heterocycles. The molecule has 6 aliphatic rings. The largest absolute Gasteiger partial charge is 0.433 e. The molecule has 61 heavy (non-hydrogen) atoms. The van der Waals surface area contributed by atoms with E-state index in [-0.39, 0.29) is 35.4 Å². The Labute approximate surface area is 357 Å². The first-order valence-electron chi connectivity index (χ1n) is 21.3. The smallest absolute Gasteiger partial charge is 0.387 e. The lowest BCUT2D eigenvalue weighted by Gasteiger charge is -2.35. The zero-order valence-corrected chi connectivity index (χ0v) is 34.7. The average Bonchev–Trinajstić information content (AvgIpc) is 4.09. The summed E-state index contributed by atoms with van der Waals surface area (Å²) >= 11 is 6.01. The molecule has 4 saturated carbocycles. The van der Waals surface area contributed by atoms with Gasteiger partial charge in [-0.3, -0.25) is 0 Å². The van der Waals surface area contributed by atoms with Gasteiger partial charge in [-0.05, 0) is 98.6 Å². The van der Waals surface area contributed by atoms with Crippen molar-refractivity contribution in [2.45, 2.75) is 138 Å². The van der Waals surface area contributed by atoms with Gasteiger partial charge in [-0.15, -0.1) is 11.6 Å². The van der Waals surface area contributed by atoms with Crippen LogP contribution in [0, 0.1) is 0 Å². The van der Waals surface area contributed by atoms with Gasteiger partial charge >= 0.3 is 13.2 Å². The van der Waals surface area contributed by atoms with Gasteiger partial charge in [0.15, 0.2) is 23.1 Å². The summed E-state index contributed by atoms with van der Waals surface area (Å²) in [5.74, 6) is 0.741. The van der Waals surface area contributed by atoms with Gasteiger partial charge in [0, 0.05) is 25.7 Å². The number of hydrogen-bond acceptors (Lipinski definition) is 10. The second-order valence-electron chi connectivity index (χ2n) is 16.2. The van der Waals surface area contributed by atoms with Crippen LogP contribution in [-0.2, 0) is 36.2 Å². The molecule has 4 aliphatic carbocycles. The first kappa shape index (κ1) is 43.9. The van der Waals surface area contributed by atoms with E-state index in [1.165, 1.54) is 12.1 Å². The number of aliphatic hydroxyl groups is 1. The molecule has 0 radical (unpaired) electrons. The number of benzene rings is 2. The first-order chi connectivity index (χ1) is 29.6. The van der Waals surface area contributed by atoms with Gasteiger partial charge in [-0.2, -0.15) is 27.8 Å². The van der Waals surface area contributed by atoms with E-state index in [9.17, 15) is 22.7 Å². The van der Waals surface area contributed by atoms with Gasteiger partial charge in [-0.1, -0.05) is 24.3 Å². The molecular weight excluding hydrogens is 824 g/mol. The Bertz CT molecular complexity index is 2010.